The van der Waals surface area contributed by atoms with Crippen LogP contribution in [0.1, 0.15) is 35.6 Å². The largest absolute Gasteiger partial charge is 0.324 e. The zero-order chi connectivity index (χ0) is 20.8. The van der Waals surface area contributed by atoms with E-state index >= 15 is 0 Å². The molecule has 4 rings (SSSR count). The van der Waals surface area contributed by atoms with Gasteiger partial charge in [-0.15, -0.1) is 5.10 Å². The van der Waals surface area contributed by atoms with E-state index in [9.17, 15) is 0 Å². The average Bonchev–Trinajstić information content (AvgIpc) is 3.24. The molecular formula is C23H25N7. The van der Waals surface area contributed by atoms with Crippen molar-refractivity contribution in [1.29, 1.82) is 0 Å². The molecule has 0 fully saturated rings. The first-order valence-corrected chi connectivity index (χ1v) is 9.97. The fourth-order valence-electron chi connectivity index (χ4n) is 3.27. The van der Waals surface area contributed by atoms with E-state index in [2.05, 4.69) is 25.2 Å². The van der Waals surface area contributed by atoms with Crippen LogP contribution in [0.3, 0.4) is 0 Å². The summed E-state index contributed by atoms with van der Waals surface area (Å²) in [6.07, 6.45) is 5.59. The van der Waals surface area contributed by atoms with Crippen LogP contribution in [0.4, 0.5) is 0 Å². The zero-order valence-electron chi connectivity index (χ0n) is 17.0. The Labute approximate surface area is 176 Å². The summed E-state index contributed by atoms with van der Waals surface area (Å²) in [5.74, 6) is 0. The van der Waals surface area contributed by atoms with Gasteiger partial charge in [0.1, 0.15) is 0 Å². The third-order valence-corrected chi connectivity index (χ3v) is 4.83. The third kappa shape index (κ3) is 5.14. The van der Waals surface area contributed by atoms with E-state index in [1.165, 1.54) is 0 Å². The molecule has 0 spiro atoms. The van der Waals surface area contributed by atoms with Gasteiger partial charge < -0.3 is 5.73 Å². The maximum atomic E-state index is 5.94. The number of hydrogen-bond donors (Lipinski definition) is 1. The topological polar surface area (TPSA) is 85.8 Å². The first-order valence-electron chi connectivity index (χ1n) is 9.97. The number of nitrogens with two attached hydrogens (primary N) is 1. The monoisotopic (exact) mass is 399 g/mol. The van der Waals surface area contributed by atoms with Crippen LogP contribution >= 0.6 is 0 Å². The van der Waals surface area contributed by atoms with Crippen LogP contribution < -0.4 is 5.73 Å². The Morgan fingerprint density at radius 1 is 0.833 bits per heavy atom. The van der Waals surface area contributed by atoms with E-state index in [0.29, 0.717) is 19.6 Å². The van der Waals surface area contributed by atoms with Gasteiger partial charge in [0.15, 0.2) is 0 Å². The van der Waals surface area contributed by atoms with Gasteiger partial charge in [0.25, 0.3) is 0 Å². The Balaban J connectivity index is 1.51. The normalized spacial score (nSPS) is 12.2. The predicted molar refractivity (Wildman–Crippen MR) is 115 cm³/mol. The predicted octanol–water partition coefficient (Wildman–Crippen LogP) is 3.28. The highest BCUT2D eigenvalue weighted by Crippen LogP contribution is 2.15. The molecule has 0 aliphatic heterocycles. The van der Waals surface area contributed by atoms with Gasteiger partial charge in [-0.3, -0.25) is 14.9 Å². The van der Waals surface area contributed by atoms with Crippen LogP contribution in [-0.2, 0) is 19.6 Å². The first kappa shape index (κ1) is 19.9. The van der Waals surface area contributed by atoms with Crippen molar-refractivity contribution < 1.29 is 0 Å². The minimum absolute atomic E-state index is 0.0112. The summed E-state index contributed by atoms with van der Waals surface area (Å²) in [5, 5.41) is 8.68. The van der Waals surface area contributed by atoms with Gasteiger partial charge >= 0.3 is 0 Å². The Kier molecular flexibility index (Phi) is 6.22. The van der Waals surface area contributed by atoms with Crippen molar-refractivity contribution in [2.45, 2.75) is 32.6 Å². The second-order valence-corrected chi connectivity index (χ2v) is 7.32. The molecular weight excluding hydrogens is 374 g/mol. The second-order valence-electron chi connectivity index (χ2n) is 7.32. The number of hydrogen-bond acceptors (Lipinski definition) is 6. The van der Waals surface area contributed by atoms with E-state index in [0.717, 1.165) is 28.3 Å². The molecule has 1 aromatic carbocycles. The summed E-state index contributed by atoms with van der Waals surface area (Å²) < 4.78 is 1.79. The van der Waals surface area contributed by atoms with Gasteiger partial charge in [-0.25, -0.2) is 4.68 Å². The molecule has 1 unspecified atom stereocenters. The smallest absolute Gasteiger partial charge is 0.0972 e. The van der Waals surface area contributed by atoms with Crippen LogP contribution in [0.5, 0.6) is 0 Å². The molecule has 30 heavy (non-hydrogen) atoms. The summed E-state index contributed by atoms with van der Waals surface area (Å²) in [4.78, 5) is 11.2. The highest BCUT2D eigenvalue weighted by molar-refractivity contribution is 5.34. The van der Waals surface area contributed by atoms with E-state index in [1.54, 1.807) is 4.68 Å². The molecule has 1 atom stereocenters. The van der Waals surface area contributed by atoms with E-state index in [-0.39, 0.29) is 6.04 Å². The van der Waals surface area contributed by atoms with E-state index in [4.69, 9.17) is 5.73 Å². The number of nitrogens with zero attached hydrogens (tertiary/aromatic N) is 6. The Morgan fingerprint density at radius 3 is 1.97 bits per heavy atom. The van der Waals surface area contributed by atoms with Crippen molar-refractivity contribution >= 4 is 0 Å². The van der Waals surface area contributed by atoms with Gasteiger partial charge in [-0.2, -0.15) is 0 Å². The molecule has 2 N–H and O–H groups in total. The summed E-state index contributed by atoms with van der Waals surface area (Å²) in [7, 11) is 0. The minimum Gasteiger partial charge on any atom is -0.324 e. The first-order chi connectivity index (χ1) is 14.7. The Morgan fingerprint density at radius 2 is 1.43 bits per heavy atom. The van der Waals surface area contributed by atoms with Crippen LogP contribution in [0.15, 0.2) is 79.3 Å². The van der Waals surface area contributed by atoms with Crippen molar-refractivity contribution in [3.63, 3.8) is 0 Å². The van der Waals surface area contributed by atoms with Gasteiger partial charge in [0.05, 0.1) is 29.0 Å². The number of benzene rings is 1. The van der Waals surface area contributed by atoms with Gasteiger partial charge in [0.2, 0.25) is 0 Å². The lowest BCUT2D eigenvalue weighted by Crippen LogP contribution is -2.23. The molecule has 0 bridgehead atoms. The maximum absolute atomic E-state index is 5.94. The van der Waals surface area contributed by atoms with Crippen LogP contribution in [0, 0.1) is 0 Å². The molecule has 3 aromatic heterocycles. The fourth-order valence-corrected chi connectivity index (χ4v) is 3.27. The quantitative estimate of drug-likeness (QED) is 0.489. The fraction of sp³-hybridized carbons (Fsp3) is 0.217. The standard InChI is InChI=1S/C23H25N7/c1-18(24)19-8-10-23(11-9-19)30-17-22(27-28-30)16-29(14-20-6-2-4-12-25-20)15-21-7-3-5-13-26-21/h2-13,17-18H,14-16,24H2,1H3. The molecule has 0 aliphatic rings. The van der Waals surface area contributed by atoms with Crippen molar-refractivity contribution in [1.82, 2.24) is 29.9 Å². The van der Waals surface area contributed by atoms with Gasteiger partial charge in [0, 0.05) is 38.1 Å². The Hall–Kier alpha value is -3.42. The Bertz CT molecular complexity index is 1000. The average molecular weight is 400 g/mol. The molecule has 0 aliphatic carbocycles. The molecule has 0 radical (unpaired) electrons. The van der Waals surface area contributed by atoms with Crippen LogP contribution in [0.25, 0.3) is 5.69 Å². The zero-order valence-corrected chi connectivity index (χ0v) is 17.0. The minimum atomic E-state index is 0.0112. The van der Waals surface area contributed by atoms with Crippen LogP contribution in [0.2, 0.25) is 0 Å². The highest BCUT2D eigenvalue weighted by atomic mass is 15.4. The SMILES string of the molecule is CC(N)c1ccc(-n2cc(CN(Cc3ccccn3)Cc3ccccn3)nn2)cc1. The van der Waals surface area contributed by atoms with Gasteiger partial charge in [-0.05, 0) is 48.9 Å². The summed E-state index contributed by atoms with van der Waals surface area (Å²) in [6.45, 7) is 4.02. The van der Waals surface area contributed by atoms with Crippen molar-refractivity contribution in [2.75, 3.05) is 0 Å². The van der Waals surface area contributed by atoms with E-state index in [1.807, 2.05) is 86.2 Å². The molecule has 7 heteroatoms. The van der Waals surface area contributed by atoms with E-state index < -0.39 is 0 Å². The molecule has 0 saturated carbocycles. The number of aromatic nitrogens is 5. The summed E-state index contributed by atoms with van der Waals surface area (Å²) in [6, 6.07) is 20.0. The van der Waals surface area contributed by atoms with Crippen molar-refractivity contribution in [3.05, 3.63) is 102 Å². The summed E-state index contributed by atoms with van der Waals surface area (Å²) in [5.41, 5.74) is 10.9. The lowest BCUT2D eigenvalue weighted by Gasteiger charge is -2.20. The molecule has 4 aromatic rings. The second kappa shape index (κ2) is 9.39. The van der Waals surface area contributed by atoms with Crippen molar-refractivity contribution in [2.24, 2.45) is 5.73 Å². The molecule has 152 valence electrons. The number of pyridine rings is 2. The third-order valence-electron chi connectivity index (χ3n) is 4.83. The van der Waals surface area contributed by atoms with Gasteiger partial charge in [-0.1, -0.05) is 29.5 Å². The molecule has 0 amide bonds. The highest BCUT2D eigenvalue weighted by Gasteiger charge is 2.13. The lowest BCUT2D eigenvalue weighted by atomic mass is 10.1. The molecule has 7 nitrogen and oxygen atoms in total. The molecule has 0 saturated heterocycles. The lowest BCUT2D eigenvalue weighted by molar-refractivity contribution is 0.238. The number of rotatable bonds is 8. The maximum Gasteiger partial charge on any atom is 0.0972 e. The summed E-state index contributed by atoms with van der Waals surface area (Å²) >= 11 is 0. The molecule has 3 heterocycles. The van der Waals surface area contributed by atoms with Crippen molar-refractivity contribution in [3.8, 4) is 5.69 Å². The van der Waals surface area contributed by atoms with Crippen LogP contribution in [-0.4, -0.2) is 29.9 Å².